The minimum Gasteiger partial charge on any atom is -0.306 e. The molecule has 2 rings (SSSR count). The number of rotatable bonds is 5. The van der Waals surface area contributed by atoms with Gasteiger partial charge in [-0.1, -0.05) is 25.1 Å². The summed E-state index contributed by atoms with van der Waals surface area (Å²) < 4.78 is 16.0. The quantitative estimate of drug-likeness (QED) is 0.907. The van der Waals surface area contributed by atoms with Gasteiger partial charge in [0.1, 0.15) is 5.82 Å². The SMILES string of the molecule is CCCNC(c1ccccc1F)c1c(C)nn(C)c1C. The topological polar surface area (TPSA) is 29.9 Å². The van der Waals surface area contributed by atoms with Crippen molar-refractivity contribution in [1.29, 1.82) is 0 Å². The van der Waals surface area contributed by atoms with E-state index < -0.39 is 0 Å². The van der Waals surface area contributed by atoms with Crippen molar-refractivity contribution in [2.24, 2.45) is 7.05 Å². The lowest BCUT2D eigenvalue weighted by molar-refractivity contribution is 0.543. The Morgan fingerprint density at radius 1 is 1.30 bits per heavy atom. The van der Waals surface area contributed by atoms with Gasteiger partial charge in [0, 0.05) is 23.9 Å². The Morgan fingerprint density at radius 3 is 2.55 bits per heavy atom. The van der Waals surface area contributed by atoms with Gasteiger partial charge in [0.15, 0.2) is 0 Å². The second-order valence-corrected chi connectivity index (χ2v) is 5.12. The molecule has 0 spiro atoms. The lowest BCUT2D eigenvalue weighted by Crippen LogP contribution is -2.25. The molecule has 1 aromatic heterocycles. The molecule has 0 amide bonds. The molecule has 0 bridgehead atoms. The van der Waals surface area contributed by atoms with Crippen LogP contribution in [0.1, 0.15) is 41.9 Å². The summed E-state index contributed by atoms with van der Waals surface area (Å²) in [5.41, 5.74) is 3.77. The molecular formula is C16H22FN3. The zero-order valence-corrected chi connectivity index (χ0v) is 12.6. The second kappa shape index (κ2) is 6.18. The number of hydrogen-bond acceptors (Lipinski definition) is 2. The molecule has 1 unspecified atom stereocenters. The molecule has 1 atom stereocenters. The predicted molar refractivity (Wildman–Crippen MR) is 79.2 cm³/mol. The predicted octanol–water partition coefficient (Wildman–Crippen LogP) is 3.27. The average molecular weight is 275 g/mol. The van der Waals surface area contributed by atoms with E-state index in [4.69, 9.17) is 0 Å². The Morgan fingerprint density at radius 2 is 2.00 bits per heavy atom. The van der Waals surface area contributed by atoms with Crippen molar-refractivity contribution in [3.8, 4) is 0 Å². The van der Waals surface area contributed by atoms with Crippen LogP contribution in [0.3, 0.4) is 0 Å². The van der Waals surface area contributed by atoms with Crippen LogP contribution in [0.2, 0.25) is 0 Å². The van der Waals surface area contributed by atoms with E-state index in [1.165, 1.54) is 6.07 Å². The van der Waals surface area contributed by atoms with E-state index in [0.717, 1.165) is 29.9 Å². The smallest absolute Gasteiger partial charge is 0.128 e. The number of aromatic nitrogens is 2. The van der Waals surface area contributed by atoms with Gasteiger partial charge in [-0.05, 0) is 32.9 Å². The summed E-state index contributed by atoms with van der Waals surface area (Å²) in [5, 5.41) is 7.89. The van der Waals surface area contributed by atoms with Gasteiger partial charge in [0.05, 0.1) is 11.7 Å². The fourth-order valence-corrected chi connectivity index (χ4v) is 2.57. The molecule has 0 aliphatic carbocycles. The number of hydrogen-bond donors (Lipinski definition) is 1. The van der Waals surface area contributed by atoms with E-state index in [9.17, 15) is 4.39 Å². The molecule has 0 radical (unpaired) electrons. The van der Waals surface area contributed by atoms with Crippen molar-refractivity contribution in [3.05, 3.63) is 52.6 Å². The molecule has 0 saturated carbocycles. The number of benzene rings is 1. The normalized spacial score (nSPS) is 12.7. The standard InChI is InChI=1S/C16H22FN3/c1-5-10-18-16(13-8-6-7-9-14(13)17)15-11(2)19-20(4)12(15)3/h6-9,16,18H,5,10H2,1-4H3. The van der Waals surface area contributed by atoms with E-state index in [0.29, 0.717) is 5.56 Å². The van der Waals surface area contributed by atoms with Crippen molar-refractivity contribution in [2.45, 2.75) is 33.2 Å². The van der Waals surface area contributed by atoms with Crippen LogP contribution in [0.4, 0.5) is 4.39 Å². The molecule has 3 nitrogen and oxygen atoms in total. The first kappa shape index (κ1) is 14.7. The maximum absolute atomic E-state index is 14.2. The highest BCUT2D eigenvalue weighted by Gasteiger charge is 2.23. The summed E-state index contributed by atoms with van der Waals surface area (Å²) in [6, 6.07) is 6.80. The van der Waals surface area contributed by atoms with Crippen molar-refractivity contribution < 1.29 is 4.39 Å². The number of aryl methyl sites for hydroxylation is 2. The van der Waals surface area contributed by atoms with E-state index in [1.54, 1.807) is 6.07 Å². The molecule has 0 aliphatic rings. The Bertz CT molecular complexity index is 589. The first-order chi connectivity index (χ1) is 9.56. The maximum atomic E-state index is 14.2. The summed E-state index contributed by atoms with van der Waals surface area (Å²) >= 11 is 0. The fraction of sp³-hybridized carbons (Fsp3) is 0.438. The van der Waals surface area contributed by atoms with Crippen molar-refractivity contribution in [3.63, 3.8) is 0 Å². The van der Waals surface area contributed by atoms with E-state index in [1.807, 2.05) is 37.7 Å². The summed E-state index contributed by atoms with van der Waals surface area (Å²) in [5.74, 6) is -0.177. The van der Waals surface area contributed by atoms with Crippen molar-refractivity contribution >= 4 is 0 Å². The number of halogens is 1. The van der Waals surface area contributed by atoms with Crippen LogP contribution < -0.4 is 5.32 Å². The number of nitrogens with one attached hydrogen (secondary N) is 1. The Kier molecular flexibility index (Phi) is 4.55. The van der Waals surface area contributed by atoms with Gasteiger partial charge in [-0.2, -0.15) is 5.10 Å². The molecule has 4 heteroatoms. The molecule has 1 N–H and O–H groups in total. The third-order valence-corrected chi connectivity index (χ3v) is 3.67. The van der Waals surface area contributed by atoms with Crippen LogP contribution in [0.15, 0.2) is 24.3 Å². The summed E-state index contributed by atoms with van der Waals surface area (Å²) in [6.45, 7) is 6.95. The van der Waals surface area contributed by atoms with Crippen LogP contribution in [0.5, 0.6) is 0 Å². The highest BCUT2D eigenvalue weighted by molar-refractivity contribution is 5.37. The first-order valence-corrected chi connectivity index (χ1v) is 7.04. The summed E-state index contributed by atoms with van der Waals surface area (Å²) in [7, 11) is 1.92. The van der Waals surface area contributed by atoms with Gasteiger partial charge >= 0.3 is 0 Å². The first-order valence-electron chi connectivity index (χ1n) is 7.04. The maximum Gasteiger partial charge on any atom is 0.128 e. The van der Waals surface area contributed by atoms with Gasteiger partial charge in [-0.3, -0.25) is 4.68 Å². The molecule has 108 valence electrons. The van der Waals surface area contributed by atoms with Crippen LogP contribution in [0, 0.1) is 19.7 Å². The molecule has 20 heavy (non-hydrogen) atoms. The zero-order valence-electron chi connectivity index (χ0n) is 12.6. The minimum atomic E-state index is -0.177. The third kappa shape index (κ3) is 2.75. The van der Waals surface area contributed by atoms with Gasteiger partial charge < -0.3 is 5.32 Å². The third-order valence-electron chi connectivity index (χ3n) is 3.67. The van der Waals surface area contributed by atoms with Crippen LogP contribution in [-0.4, -0.2) is 16.3 Å². The minimum absolute atomic E-state index is 0.148. The molecule has 1 heterocycles. The largest absolute Gasteiger partial charge is 0.306 e. The molecular weight excluding hydrogens is 253 g/mol. The highest BCUT2D eigenvalue weighted by Crippen LogP contribution is 2.29. The number of nitrogens with zero attached hydrogens (tertiary/aromatic N) is 2. The van der Waals surface area contributed by atoms with Crippen LogP contribution >= 0.6 is 0 Å². The van der Waals surface area contributed by atoms with Gasteiger partial charge in [-0.15, -0.1) is 0 Å². The van der Waals surface area contributed by atoms with Crippen LogP contribution in [0.25, 0.3) is 0 Å². The molecule has 1 aromatic carbocycles. The Hall–Kier alpha value is -1.68. The molecule has 0 aliphatic heterocycles. The highest BCUT2D eigenvalue weighted by atomic mass is 19.1. The lowest BCUT2D eigenvalue weighted by Gasteiger charge is -2.20. The van der Waals surface area contributed by atoms with E-state index in [-0.39, 0.29) is 11.9 Å². The van der Waals surface area contributed by atoms with E-state index >= 15 is 0 Å². The van der Waals surface area contributed by atoms with Gasteiger partial charge in [-0.25, -0.2) is 4.39 Å². The van der Waals surface area contributed by atoms with Crippen molar-refractivity contribution in [2.75, 3.05) is 6.54 Å². The fourth-order valence-electron chi connectivity index (χ4n) is 2.57. The van der Waals surface area contributed by atoms with Gasteiger partial charge in [0.25, 0.3) is 0 Å². The van der Waals surface area contributed by atoms with Gasteiger partial charge in [0.2, 0.25) is 0 Å². The van der Waals surface area contributed by atoms with E-state index in [2.05, 4.69) is 17.3 Å². The second-order valence-electron chi connectivity index (χ2n) is 5.12. The monoisotopic (exact) mass is 275 g/mol. The summed E-state index contributed by atoms with van der Waals surface area (Å²) in [6.07, 6.45) is 1.00. The zero-order chi connectivity index (χ0) is 14.7. The molecule has 0 saturated heterocycles. The molecule has 0 fully saturated rings. The average Bonchev–Trinajstić information content (AvgIpc) is 2.67. The van der Waals surface area contributed by atoms with Crippen molar-refractivity contribution in [1.82, 2.24) is 15.1 Å². The molecule has 2 aromatic rings. The Balaban J connectivity index is 2.50. The van der Waals surface area contributed by atoms with Crippen LogP contribution in [-0.2, 0) is 7.05 Å². The Labute approximate surface area is 119 Å². The summed E-state index contributed by atoms with van der Waals surface area (Å²) in [4.78, 5) is 0. The lowest BCUT2D eigenvalue weighted by atomic mass is 9.96.